The predicted molar refractivity (Wildman–Crippen MR) is 89.9 cm³/mol. The third-order valence-electron chi connectivity index (χ3n) is 3.60. The van der Waals surface area contributed by atoms with Gasteiger partial charge in [0.2, 0.25) is 0 Å². The van der Waals surface area contributed by atoms with Crippen LogP contribution in [0.3, 0.4) is 0 Å². The summed E-state index contributed by atoms with van der Waals surface area (Å²) in [5, 5.41) is 3.59. The maximum atomic E-state index is 13.4. The van der Waals surface area contributed by atoms with E-state index in [1.807, 2.05) is 6.07 Å². The van der Waals surface area contributed by atoms with Gasteiger partial charge in [-0.2, -0.15) is 0 Å². The van der Waals surface area contributed by atoms with Gasteiger partial charge < -0.3 is 5.32 Å². The molecule has 1 N–H and O–H groups in total. The Labute approximate surface area is 134 Å². The molecular weight excluding hydrogens is 329 g/mol. The Morgan fingerprint density at radius 3 is 2.48 bits per heavy atom. The molecule has 0 aliphatic carbocycles. The zero-order chi connectivity index (χ0) is 15.2. The normalized spacial score (nSPS) is 13.9. The lowest BCUT2D eigenvalue weighted by Gasteiger charge is -2.23. The van der Waals surface area contributed by atoms with Crippen LogP contribution in [-0.2, 0) is 6.42 Å². The highest BCUT2D eigenvalue weighted by atomic mass is 79.9. The van der Waals surface area contributed by atoms with Crippen LogP contribution < -0.4 is 5.32 Å². The average Bonchev–Trinajstić information content (AvgIpc) is 2.47. The number of nitrogens with one attached hydrogen (secondary N) is 1. The molecule has 0 aliphatic heterocycles. The molecule has 0 saturated carbocycles. The fourth-order valence-corrected chi connectivity index (χ4v) is 2.81. The summed E-state index contributed by atoms with van der Waals surface area (Å²) in [6.07, 6.45) is 1.90. The highest BCUT2D eigenvalue weighted by Gasteiger charge is 2.13. The largest absolute Gasteiger partial charge is 0.307 e. The maximum Gasteiger partial charge on any atom is 0.123 e. The second-order valence-corrected chi connectivity index (χ2v) is 6.33. The summed E-state index contributed by atoms with van der Waals surface area (Å²) in [5.41, 5.74) is 2.31. The van der Waals surface area contributed by atoms with Gasteiger partial charge in [0.15, 0.2) is 0 Å². The highest BCUT2D eigenvalue weighted by Crippen LogP contribution is 2.19. The Morgan fingerprint density at radius 1 is 1.14 bits per heavy atom. The minimum atomic E-state index is -0.173. The summed E-state index contributed by atoms with van der Waals surface area (Å²) in [4.78, 5) is 0. The Bertz CT molecular complexity index is 568. The first-order valence-electron chi connectivity index (χ1n) is 7.34. The van der Waals surface area contributed by atoms with Crippen molar-refractivity contribution in [2.24, 2.45) is 0 Å². The van der Waals surface area contributed by atoms with Crippen LogP contribution in [-0.4, -0.2) is 6.04 Å². The molecule has 2 unspecified atom stereocenters. The molecule has 0 saturated heterocycles. The molecule has 0 fully saturated rings. The van der Waals surface area contributed by atoms with Gasteiger partial charge in [-0.25, -0.2) is 4.39 Å². The number of rotatable bonds is 6. The van der Waals surface area contributed by atoms with Crippen molar-refractivity contribution in [2.45, 2.75) is 38.8 Å². The standard InChI is InChI=1S/C18H21BrFN/c1-3-18(15-5-4-6-17(20)12-15)21-13(2)11-14-7-9-16(19)10-8-14/h4-10,12-13,18,21H,3,11H2,1-2H3. The van der Waals surface area contributed by atoms with Gasteiger partial charge in [-0.15, -0.1) is 0 Å². The number of hydrogen-bond acceptors (Lipinski definition) is 1. The molecular formula is C18H21BrFN. The SMILES string of the molecule is CCC(NC(C)Cc1ccc(Br)cc1)c1cccc(F)c1. The Morgan fingerprint density at radius 2 is 1.86 bits per heavy atom. The number of benzene rings is 2. The monoisotopic (exact) mass is 349 g/mol. The summed E-state index contributed by atoms with van der Waals surface area (Å²) >= 11 is 3.45. The van der Waals surface area contributed by atoms with Crippen molar-refractivity contribution in [3.8, 4) is 0 Å². The molecule has 0 spiro atoms. The highest BCUT2D eigenvalue weighted by molar-refractivity contribution is 9.10. The number of halogens is 2. The summed E-state index contributed by atoms with van der Waals surface area (Å²) in [7, 11) is 0. The zero-order valence-electron chi connectivity index (χ0n) is 12.4. The van der Waals surface area contributed by atoms with Gasteiger partial charge in [-0.3, -0.25) is 0 Å². The Kier molecular flexibility index (Phi) is 5.95. The van der Waals surface area contributed by atoms with Gasteiger partial charge in [-0.05, 0) is 55.2 Å². The van der Waals surface area contributed by atoms with E-state index in [0.29, 0.717) is 6.04 Å². The molecule has 112 valence electrons. The van der Waals surface area contributed by atoms with E-state index in [1.165, 1.54) is 11.6 Å². The van der Waals surface area contributed by atoms with Gasteiger partial charge in [0.1, 0.15) is 5.82 Å². The van der Waals surface area contributed by atoms with Crippen LogP contribution in [0.4, 0.5) is 4.39 Å². The first kappa shape index (κ1) is 16.2. The lowest BCUT2D eigenvalue weighted by molar-refractivity contribution is 0.442. The van der Waals surface area contributed by atoms with Crippen LogP contribution in [0.2, 0.25) is 0 Å². The smallest absolute Gasteiger partial charge is 0.123 e. The minimum Gasteiger partial charge on any atom is -0.307 e. The minimum absolute atomic E-state index is 0.173. The molecule has 3 heteroatoms. The second-order valence-electron chi connectivity index (χ2n) is 5.41. The fourth-order valence-electron chi connectivity index (χ4n) is 2.55. The van der Waals surface area contributed by atoms with Crippen LogP contribution >= 0.6 is 15.9 Å². The van der Waals surface area contributed by atoms with Crippen molar-refractivity contribution >= 4 is 15.9 Å². The molecule has 0 aliphatic rings. The number of hydrogen-bond donors (Lipinski definition) is 1. The van der Waals surface area contributed by atoms with E-state index in [1.54, 1.807) is 12.1 Å². The van der Waals surface area contributed by atoms with E-state index in [2.05, 4.69) is 59.4 Å². The molecule has 21 heavy (non-hydrogen) atoms. The van der Waals surface area contributed by atoms with E-state index in [9.17, 15) is 4.39 Å². The fraction of sp³-hybridized carbons (Fsp3) is 0.333. The quantitative estimate of drug-likeness (QED) is 0.749. The molecule has 0 amide bonds. The third kappa shape index (κ3) is 4.94. The van der Waals surface area contributed by atoms with Crippen molar-refractivity contribution < 1.29 is 4.39 Å². The lowest BCUT2D eigenvalue weighted by atomic mass is 10.0. The lowest BCUT2D eigenvalue weighted by Crippen LogP contribution is -2.32. The molecule has 2 aromatic rings. The van der Waals surface area contributed by atoms with E-state index in [0.717, 1.165) is 22.9 Å². The summed E-state index contributed by atoms with van der Waals surface area (Å²) in [6, 6.07) is 15.8. The van der Waals surface area contributed by atoms with Crippen molar-refractivity contribution in [2.75, 3.05) is 0 Å². The van der Waals surface area contributed by atoms with Gasteiger partial charge >= 0.3 is 0 Å². The van der Waals surface area contributed by atoms with Crippen LogP contribution in [0, 0.1) is 5.82 Å². The van der Waals surface area contributed by atoms with Crippen molar-refractivity contribution in [3.05, 3.63) is 69.9 Å². The maximum absolute atomic E-state index is 13.4. The van der Waals surface area contributed by atoms with E-state index in [4.69, 9.17) is 0 Å². The Balaban J connectivity index is 1.99. The molecule has 2 aromatic carbocycles. The molecule has 1 nitrogen and oxygen atoms in total. The van der Waals surface area contributed by atoms with Gasteiger partial charge in [-0.1, -0.05) is 47.1 Å². The van der Waals surface area contributed by atoms with E-state index >= 15 is 0 Å². The van der Waals surface area contributed by atoms with Crippen LogP contribution in [0.25, 0.3) is 0 Å². The molecule has 0 aromatic heterocycles. The van der Waals surface area contributed by atoms with Crippen molar-refractivity contribution in [3.63, 3.8) is 0 Å². The third-order valence-corrected chi connectivity index (χ3v) is 4.13. The summed E-state index contributed by atoms with van der Waals surface area (Å²) < 4.78 is 14.4. The molecule has 0 heterocycles. The molecule has 0 radical (unpaired) electrons. The molecule has 2 rings (SSSR count). The summed E-state index contributed by atoms with van der Waals surface area (Å²) in [6.45, 7) is 4.29. The van der Waals surface area contributed by atoms with Crippen LogP contribution in [0.5, 0.6) is 0 Å². The summed E-state index contributed by atoms with van der Waals surface area (Å²) in [5.74, 6) is -0.173. The van der Waals surface area contributed by atoms with Gasteiger partial charge in [0.25, 0.3) is 0 Å². The second kappa shape index (κ2) is 7.71. The topological polar surface area (TPSA) is 12.0 Å². The van der Waals surface area contributed by atoms with E-state index < -0.39 is 0 Å². The van der Waals surface area contributed by atoms with Crippen molar-refractivity contribution in [1.82, 2.24) is 5.32 Å². The van der Waals surface area contributed by atoms with E-state index in [-0.39, 0.29) is 11.9 Å². The first-order chi connectivity index (χ1) is 10.1. The van der Waals surface area contributed by atoms with Crippen LogP contribution in [0.15, 0.2) is 53.0 Å². The Hall–Kier alpha value is -1.19. The molecule has 0 bridgehead atoms. The van der Waals surface area contributed by atoms with Crippen molar-refractivity contribution in [1.29, 1.82) is 0 Å². The molecule has 2 atom stereocenters. The first-order valence-corrected chi connectivity index (χ1v) is 8.13. The predicted octanol–water partition coefficient (Wildman–Crippen LogP) is 5.26. The van der Waals surface area contributed by atoms with Gasteiger partial charge in [0.05, 0.1) is 0 Å². The van der Waals surface area contributed by atoms with Gasteiger partial charge in [0, 0.05) is 16.6 Å². The van der Waals surface area contributed by atoms with Crippen LogP contribution in [0.1, 0.15) is 37.4 Å². The zero-order valence-corrected chi connectivity index (χ0v) is 14.0. The average molecular weight is 350 g/mol.